The maximum absolute atomic E-state index is 7.04. The Hall–Kier alpha value is -7.69. The highest BCUT2D eigenvalue weighted by molar-refractivity contribution is 6.28. The zero-order valence-electron chi connectivity index (χ0n) is 30.6. The topological polar surface area (TPSA) is 51.8 Å². The first kappa shape index (κ1) is 31.6. The molecule has 0 N–H and O–H groups in total. The molecule has 0 spiro atoms. The quantitative estimate of drug-likeness (QED) is 0.170. The van der Waals surface area contributed by atoms with Crippen LogP contribution in [0.4, 0.5) is 0 Å². The second-order valence-electron chi connectivity index (χ2n) is 14.8. The summed E-state index contributed by atoms with van der Waals surface area (Å²) in [7, 11) is 0. The smallest absolute Gasteiger partial charge is 0.164 e. The van der Waals surface area contributed by atoms with Gasteiger partial charge in [-0.1, -0.05) is 170 Å². The molecule has 0 unspecified atom stereocenters. The van der Waals surface area contributed by atoms with Crippen LogP contribution >= 0.6 is 0 Å². The lowest BCUT2D eigenvalue weighted by atomic mass is 9.95. The molecular formula is C53H31N3O. The molecule has 0 radical (unpaired) electrons. The van der Waals surface area contributed by atoms with Crippen LogP contribution in [0, 0.1) is 0 Å². The number of aromatic nitrogens is 3. The standard InChI is InChI=1S/C53H31N3O/c1-2-14-38-30-40(27-20-32(38)10-1)52-54-51(37-24-21-36(22-25-37)42-19-9-15-33-11-3-6-16-41(33)42)55-53(56-52)46-31-39-26-23-34-12-4-7-17-43(34)47(39)50-48(46)45-29-28-35-13-5-8-18-44(35)49(45)57-50/h1-31H. The molecule has 10 aromatic carbocycles. The SMILES string of the molecule is c1ccc2cc(-c3nc(-c4ccc(-c5cccc6ccccc56)cc4)nc(-c4cc5ccc6ccccc6c5c5oc6c7ccccc7ccc6c45)n3)ccc2c1. The van der Waals surface area contributed by atoms with E-state index in [4.69, 9.17) is 19.4 Å². The largest absolute Gasteiger partial charge is 0.455 e. The van der Waals surface area contributed by atoms with Gasteiger partial charge in [-0.3, -0.25) is 0 Å². The number of hydrogen-bond donors (Lipinski definition) is 0. The van der Waals surface area contributed by atoms with E-state index in [0.717, 1.165) is 81.9 Å². The van der Waals surface area contributed by atoms with Crippen molar-refractivity contribution in [3.8, 4) is 45.3 Å². The van der Waals surface area contributed by atoms with Gasteiger partial charge in [-0.05, 0) is 72.4 Å². The molecule has 0 amide bonds. The molecule has 57 heavy (non-hydrogen) atoms. The molecule has 0 fully saturated rings. The number of nitrogens with zero attached hydrogens (tertiary/aromatic N) is 3. The Balaban J connectivity index is 1.13. The second kappa shape index (κ2) is 12.4. The van der Waals surface area contributed by atoms with Gasteiger partial charge in [0.25, 0.3) is 0 Å². The van der Waals surface area contributed by atoms with E-state index in [2.05, 4.69) is 188 Å². The summed E-state index contributed by atoms with van der Waals surface area (Å²) in [4.78, 5) is 15.8. The average Bonchev–Trinajstić information content (AvgIpc) is 3.68. The van der Waals surface area contributed by atoms with Gasteiger partial charge in [0.1, 0.15) is 11.2 Å². The van der Waals surface area contributed by atoms with Crippen molar-refractivity contribution in [3.05, 3.63) is 188 Å². The summed E-state index contributed by atoms with van der Waals surface area (Å²) < 4.78 is 7.04. The van der Waals surface area contributed by atoms with Crippen LogP contribution in [0.3, 0.4) is 0 Å². The Labute approximate surface area is 327 Å². The van der Waals surface area contributed by atoms with Crippen molar-refractivity contribution in [3.63, 3.8) is 0 Å². The molecular weight excluding hydrogens is 695 g/mol. The Morgan fingerprint density at radius 2 is 0.825 bits per heavy atom. The van der Waals surface area contributed by atoms with Gasteiger partial charge in [0.2, 0.25) is 0 Å². The summed E-state index contributed by atoms with van der Waals surface area (Å²) in [6.45, 7) is 0. The van der Waals surface area contributed by atoms with Gasteiger partial charge in [-0.15, -0.1) is 0 Å². The van der Waals surface area contributed by atoms with Crippen LogP contribution in [-0.4, -0.2) is 15.0 Å². The molecule has 12 aromatic rings. The molecule has 4 heteroatoms. The van der Waals surface area contributed by atoms with E-state index in [1.54, 1.807) is 0 Å². The highest BCUT2D eigenvalue weighted by Crippen LogP contribution is 2.45. The third-order valence-electron chi connectivity index (χ3n) is 11.5. The van der Waals surface area contributed by atoms with Crippen molar-refractivity contribution in [1.29, 1.82) is 0 Å². The molecule has 0 saturated carbocycles. The Morgan fingerprint density at radius 1 is 0.281 bits per heavy atom. The van der Waals surface area contributed by atoms with Crippen LogP contribution in [0.5, 0.6) is 0 Å². The maximum Gasteiger partial charge on any atom is 0.164 e. The lowest BCUT2D eigenvalue weighted by Crippen LogP contribution is -2.01. The van der Waals surface area contributed by atoms with Crippen molar-refractivity contribution in [2.24, 2.45) is 0 Å². The molecule has 2 aromatic heterocycles. The zero-order chi connectivity index (χ0) is 37.5. The van der Waals surface area contributed by atoms with Gasteiger partial charge in [0.05, 0.1) is 0 Å². The number of rotatable bonds is 4. The highest BCUT2D eigenvalue weighted by Gasteiger charge is 2.22. The minimum atomic E-state index is 0.595. The molecule has 12 rings (SSSR count). The van der Waals surface area contributed by atoms with Crippen molar-refractivity contribution in [1.82, 2.24) is 15.0 Å². The predicted molar refractivity (Wildman–Crippen MR) is 236 cm³/mol. The molecule has 264 valence electrons. The molecule has 0 aliphatic carbocycles. The van der Waals surface area contributed by atoms with Gasteiger partial charge in [0, 0.05) is 38.2 Å². The average molecular weight is 726 g/mol. The van der Waals surface area contributed by atoms with Gasteiger partial charge in [-0.2, -0.15) is 0 Å². The normalized spacial score (nSPS) is 11.9. The molecule has 0 aliphatic heterocycles. The highest BCUT2D eigenvalue weighted by atomic mass is 16.3. The summed E-state index contributed by atoms with van der Waals surface area (Å²) in [5.41, 5.74) is 6.77. The minimum absolute atomic E-state index is 0.595. The fourth-order valence-electron chi connectivity index (χ4n) is 8.69. The third kappa shape index (κ3) is 5.04. The van der Waals surface area contributed by atoms with Crippen LogP contribution in [0.15, 0.2) is 192 Å². The first-order chi connectivity index (χ1) is 28.2. The Morgan fingerprint density at radius 3 is 1.63 bits per heavy atom. The monoisotopic (exact) mass is 725 g/mol. The van der Waals surface area contributed by atoms with E-state index in [1.165, 1.54) is 21.7 Å². The number of benzene rings is 10. The lowest BCUT2D eigenvalue weighted by Gasteiger charge is -2.12. The number of hydrogen-bond acceptors (Lipinski definition) is 4. The Bertz CT molecular complexity index is 3580. The van der Waals surface area contributed by atoms with Crippen LogP contribution < -0.4 is 0 Å². The van der Waals surface area contributed by atoms with Gasteiger partial charge in [0.15, 0.2) is 17.5 Å². The van der Waals surface area contributed by atoms with Crippen molar-refractivity contribution in [2.75, 3.05) is 0 Å². The van der Waals surface area contributed by atoms with Gasteiger partial charge in [-0.25, -0.2) is 15.0 Å². The predicted octanol–water partition coefficient (Wildman–Crippen LogP) is 14.2. The second-order valence-corrected chi connectivity index (χ2v) is 14.8. The van der Waals surface area contributed by atoms with Crippen LogP contribution in [-0.2, 0) is 0 Å². The zero-order valence-corrected chi connectivity index (χ0v) is 30.6. The van der Waals surface area contributed by atoms with Crippen LogP contribution in [0.25, 0.3) is 121 Å². The summed E-state index contributed by atoms with van der Waals surface area (Å²) in [6.07, 6.45) is 0. The molecule has 0 saturated heterocycles. The third-order valence-corrected chi connectivity index (χ3v) is 11.5. The van der Waals surface area contributed by atoms with E-state index < -0.39 is 0 Å². The summed E-state index contributed by atoms with van der Waals surface area (Å²) in [5.74, 6) is 1.82. The van der Waals surface area contributed by atoms with E-state index in [1.807, 2.05) is 0 Å². The van der Waals surface area contributed by atoms with Crippen LogP contribution in [0.1, 0.15) is 0 Å². The van der Waals surface area contributed by atoms with Crippen LogP contribution in [0.2, 0.25) is 0 Å². The first-order valence-electron chi connectivity index (χ1n) is 19.3. The van der Waals surface area contributed by atoms with E-state index in [9.17, 15) is 0 Å². The molecule has 0 bridgehead atoms. The molecule has 4 nitrogen and oxygen atoms in total. The summed E-state index contributed by atoms with van der Waals surface area (Å²) in [5, 5.41) is 13.4. The summed E-state index contributed by atoms with van der Waals surface area (Å²) in [6, 6.07) is 66.3. The van der Waals surface area contributed by atoms with E-state index >= 15 is 0 Å². The van der Waals surface area contributed by atoms with Crippen molar-refractivity contribution >= 4 is 75.8 Å². The fourth-order valence-corrected chi connectivity index (χ4v) is 8.69. The number of fused-ring (bicyclic) bond motifs is 11. The van der Waals surface area contributed by atoms with Gasteiger partial charge >= 0.3 is 0 Å². The Kier molecular flexibility index (Phi) is 6.89. The number of furan rings is 1. The fraction of sp³-hybridized carbons (Fsp3) is 0. The van der Waals surface area contributed by atoms with E-state index in [-0.39, 0.29) is 0 Å². The van der Waals surface area contributed by atoms with Gasteiger partial charge < -0.3 is 4.42 Å². The molecule has 2 heterocycles. The van der Waals surface area contributed by atoms with Crippen molar-refractivity contribution < 1.29 is 4.42 Å². The molecule has 0 atom stereocenters. The summed E-state index contributed by atoms with van der Waals surface area (Å²) >= 11 is 0. The maximum atomic E-state index is 7.04. The lowest BCUT2D eigenvalue weighted by molar-refractivity contribution is 0.677. The van der Waals surface area contributed by atoms with Crippen molar-refractivity contribution in [2.45, 2.75) is 0 Å². The minimum Gasteiger partial charge on any atom is -0.455 e. The van der Waals surface area contributed by atoms with E-state index in [0.29, 0.717) is 17.5 Å². The molecule has 0 aliphatic rings. The first-order valence-corrected chi connectivity index (χ1v) is 19.3.